The van der Waals surface area contributed by atoms with Gasteiger partial charge in [-0.3, -0.25) is 10.2 Å². The molecule has 3 heterocycles. The maximum atomic E-state index is 13.6. The van der Waals surface area contributed by atoms with E-state index in [0.717, 1.165) is 35.7 Å². The average molecular weight is 645 g/mol. The standard InChI is InChI=1S/C29H34N6O4.C2HF3O2/c1-29(2,3)22-16-21(17-23(27(22)37-4)33-12-14-38-15-13-33)24(36)18-34-28(30)35-25(31-34)10-11-26(32-35)39-19-20-8-6-5-7-9-20;3-2(4,5)1(6)7/h5-11,16-17,30H,12-15,18-19H2,1-4H3;(H,6,7). The van der Waals surface area contributed by atoms with Crippen LogP contribution in [0.4, 0.5) is 18.9 Å². The summed E-state index contributed by atoms with van der Waals surface area (Å²) >= 11 is 0. The molecule has 0 atom stereocenters. The number of carbonyl (C=O) groups is 2. The predicted molar refractivity (Wildman–Crippen MR) is 160 cm³/mol. The van der Waals surface area contributed by atoms with Crippen LogP contribution in [0.25, 0.3) is 5.65 Å². The summed E-state index contributed by atoms with van der Waals surface area (Å²) in [5, 5.41) is 24.6. The summed E-state index contributed by atoms with van der Waals surface area (Å²) in [7, 11) is 1.67. The molecule has 0 radical (unpaired) electrons. The van der Waals surface area contributed by atoms with E-state index in [1.807, 2.05) is 42.5 Å². The van der Waals surface area contributed by atoms with Gasteiger partial charge in [0.25, 0.3) is 0 Å². The zero-order valence-electron chi connectivity index (χ0n) is 25.8. The van der Waals surface area contributed by atoms with Crippen molar-refractivity contribution < 1.29 is 42.1 Å². The molecule has 1 fully saturated rings. The fraction of sp³-hybridized carbons (Fsp3) is 0.387. The van der Waals surface area contributed by atoms with Crippen LogP contribution in [0.2, 0.25) is 0 Å². The van der Waals surface area contributed by atoms with Gasteiger partial charge < -0.3 is 24.2 Å². The summed E-state index contributed by atoms with van der Waals surface area (Å²) in [6, 6.07) is 17.0. The van der Waals surface area contributed by atoms with Gasteiger partial charge >= 0.3 is 12.1 Å². The van der Waals surface area contributed by atoms with Gasteiger partial charge in [-0.05, 0) is 29.2 Å². The van der Waals surface area contributed by atoms with Crippen LogP contribution in [0.3, 0.4) is 0 Å². The van der Waals surface area contributed by atoms with E-state index in [9.17, 15) is 18.0 Å². The number of carbonyl (C=O) groups excluding carboxylic acids is 1. The topological polar surface area (TPSA) is 144 Å². The number of rotatable bonds is 8. The zero-order chi connectivity index (χ0) is 33.6. The Kier molecular flexibility index (Phi) is 10.4. The van der Waals surface area contributed by atoms with Crippen molar-refractivity contribution in [3.8, 4) is 11.6 Å². The Morgan fingerprint density at radius 3 is 2.26 bits per heavy atom. The molecular formula is C31H35F3N6O6. The van der Waals surface area contributed by atoms with Gasteiger partial charge in [-0.2, -0.15) is 17.7 Å². The van der Waals surface area contributed by atoms with E-state index in [1.54, 1.807) is 19.2 Å². The zero-order valence-corrected chi connectivity index (χ0v) is 25.8. The molecule has 1 aliphatic heterocycles. The third-order valence-electron chi connectivity index (χ3n) is 6.98. The highest BCUT2D eigenvalue weighted by atomic mass is 19.4. The Hall–Kier alpha value is -4.92. The van der Waals surface area contributed by atoms with Gasteiger partial charge in [0.05, 0.1) is 26.0 Å². The molecule has 46 heavy (non-hydrogen) atoms. The number of Topliss-reactive ketones (excluding diaryl/α,β-unsaturated/α-hetero) is 1. The first-order valence-electron chi connectivity index (χ1n) is 14.3. The lowest BCUT2D eigenvalue weighted by atomic mass is 9.84. The van der Waals surface area contributed by atoms with Crippen molar-refractivity contribution >= 4 is 23.1 Å². The highest BCUT2D eigenvalue weighted by molar-refractivity contribution is 5.97. The number of ether oxygens (including phenoxy) is 3. The number of aliphatic carboxylic acids is 1. The van der Waals surface area contributed by atoms with E-state index in [-0.39, 0.29) is 23.4 Å². The Bertz CT molecular complexity index is 1740. The van der Waals surface area contributed by atoms with Crippen LogP contribution in [0.15, 0.2) is 54.6 Å². The maximum absolute atomic E-state index is 13.6. The lowest BCUT2D eigenvalue weighted by molar-refractivity contribution is -0.192. The minimum absolute atomic E-state index is 0.0125. The molecule has 0 bridgehead atoms. The van der Waals surface area contributed by atoms with E-state index in [4.69, 9.17) is 29.5 Å². The Morgan fingerprint density at radius 2 is 1.67 bits per heavy atom. The highest BCUT2D eigenvalue weighted by Crippen LogP contribution is 2.40. The van der Waals surface area contributed by atoms with Gasteiger partial charge in [0.1, 0.15) is 18.9 Å². The summed E-state index contributed by atoms with van der Waals surface area (Å²) in [5.41, 5.74) is 3.59. The number of morpholine rings is 1. The summed E-state index contributed by atoms with van der Waals surface area (Å²) in [5.74, 6) is -1.77. The van der Waals surface area contributed by atoms with E-state index in [0.29, 0.717) is 36.9 Å². The third kappa shape index (κ3) is 8.21. The van der Waals surface area contributed by atoms with Crippen LogP contribution in [0.1, 0.15) is 42.3 Å². The second-order valence-electron chi connectivity index (χ2n) is 11.3. The molecule has 12 nitrogen and oxygen atoms in total. The van der Waals surface area contributed by atoms with Crippen molar-refractivity contribution in [3.63, 3.8) is 0 Å². The number of ketones is 1. The van der Waals surface area contributed by atoms with Gasteiger partial charge in [-0.25, -0.2) is 9.48 Å². The third-order valence-corrected chi connectivity index (χ3v) is 6.98. The number of methoxy groups -OCH3 is 1. The van der Waals surface area contributed by atoms with Crippen LogP contribution >= 0.6 is 0 Å². The van der Waals surface area contributed by atoms with Crippen molar-refractivity contribution in [2.24, 2.45) is 0 Å². The molecule has 1 aliphatic rings. The minimum atomic E-state index is -5.08. The predicted octanol–water partition coefficient (Wildman–Crippen LogP) is 4.25. The molecule has 0 amide bonds. The van der Waals surface area contributed by atoms with E-state index < -0.39 is 12.1 Å². The number of nitrogens with one attached hydrogen (secondary N) is 1. The minimum Gasteiger partial charge on any atom is -0.494 e. The number of alkyl halides is 3. The molecular weight excluding hydrogens is 609 g/mol. The first-order valence-corrected chi connectivity index (χ1v) is 14.3. The van der Waals surface area contributed by atoms with Gasteiger partial charge in [-0.1, -0.05) is 51.1 Å². The fourth-order valence-electron chi connectivity index (χ4n) is 4.64. The molecule has 5 rings (SSSR count). The van der Waals surface area contributed by atoms with Gasteiger partial charge in [-0.15, -0.1) is 10.2 Å². The lowest BCUT2D eigenvalue weighted by Gasteiger charge is -2.33. The van der Waals surface area contributed by atoms with Gasteiger partial charge in [0, 0.05) is 30.3 Å². The SMILES string of the molecule is COc1c(N2CCOCC2)cc(C(=O)Cn2nc3ccc(OCc4ccccc4)nn3c2=N)cc1C(C)(C)C.O=C(O)C(F)(F)F. The number of aromatic nitrogens is 4. The number of halogens is 3. The number of carboxylic acid groups (broad SMARTS) is 1. The summed E-state index contributed by atoms with van der Waals surface area (Å²) < 4.78 is 51.7. The second-order valence-corrected chi connectivity index (χ2v) is 11.3. The average Bonchev–Trinajstić information content (AvgIpc) is 3.33. The first-order chi connectivity index (χ1) is 21.7. The second kappa shape index (κ2) is 14.0. The first kappa shape index (κ1) is 34.0. The van der Waals surface area contributed by atoms with Crippen LogP contribution in [0, 0.1) is 5.41 Å². The van der Waals surface area contributed by atoms with Crippen molar-refractivity contribution in [1.29, 1.82) is 5.41 Å². The Balaban J connectivity index is 0.000000617. The largest absolute Gasteiger partial charge is 0.494 e. The van der Waals surface area contributed by atoms with Gasteiger partial charge in [0.15, 0.2) is 11.4 Å². The Labute approximate surface area is 262 Å². The smallest absolute Gasteiger partial charge is 0.490 e. The van der Waals surface area contributed by atoms with Crippen LogP contribution in [-0.4, -0.2) is 75.8 Å². The van der Waals surface area contributed by atoms with Crippen molar-refractivity contribution in [3.05, 3.63) is 76.9 Å². The number of hydrogen-bond acceptors (Lipinski definition) is 9. The molecule has 0 unspecified atom stereocenters. The van der Waals surface area contributed by atoms with Crippen molar-refractivity contribution in [2.75, 3.05) is 38.3 Å². The number of carboxylic acids is 1. The molecule has 0 saturated carbocycles. The Morgan fingerprint density at radius 1 is 1.02 bits per heavy atom. The number of anilines is 1. The van der Waals surface area contributed by atoms with Crippen LogP contribution in [0.5, 0.6) is 11.6 Å². The summed E-state index contributed by atoms with van der Waals surface area (Å²) in [6.45, 7) is 9.25. The molecule has 15 heteroatoms. The van der Waals surface area contributed by atoms with E-state index in [1.165, 1.54) is 9.20 Å². The van der Waals surface area contributed by atoms with E-state index in [2.05, 4.69) is 35.9 Å². The molecule has 1 saturated heterocycles. The molecule has 2 aromatic heterocycles. The number of nitrogens with zero attached hydrogens (tertiary/aromatic N) is 5. The molecule has 2 aromatic carbocycles. The molecule has 2 N–H and O–H groups in total. The normalized spacial score (nSPS) is 13.6. The van der Waals surface area contributed by atoms with Crippen molar-refractivity contribution in [2.45, 2.75) is 45.5 Å². The molecule has 4 aromatic rings. The quantitative estimate of drug-likeness (QED) is 0.269. The van der Waals surface area contributed by atoms with Gasteiger partial charge in [0.2, 0.25) is 11.5 Å². The highest BCUT2D eigenvalue weighted by Gasteiger charge is 2.38. The van der Waals surface area contributed by atoms with E-state index >= 15 is 0 Å². The number of fused-ring (bicyclic) bond motifs is 1. The number of hydrogen-bond donors (Lipinski definition) is 2. The molecule has 0 spiro atoms. The fourth-order valence-corrected chi connectivity index (χ4v) is 4.64. The summed E-state index contributed by atoms with van der Waals surface area (Å²) in [6.07, 6.45) is -5.08. The molecule has 246 valence electrons. The summed E-state index contributed by atoms with van der Waals surface area (Å²) in [4.78, 5) is 24.7. The monoisotopic (exact) mass is 644 g/mol. The van der Waals surface area contributed by atoms with Crippen LogP contribution in [-0.2, 0) is 28.1 Å². The van der Waals surface area contributed by atoms with Crippen molar-refractivity contribution in [1.82, 2.24) is 19.4 Å². The van der Waals surface area contributed by atoms with Crippen LogP contribution < -0.4 is 20.0 Å². The maximum Gasteiger partial charge on any atom is 0.490 e. The number of benzene rings is 2. The molecule has 0 aliphatic carbocycles. The lowest BCUT2D eigenvalue weighted by Crippen LogP contribution is -2.37.